The van der Waals surface area contributed by atoms with Crippen LogP contribution in [0, 0.1) is 11.2 Å². The van der Waals surface area contributed by atoms with E-state index in [9.17, 15) is 19.8 Å². The Hall–Kier alpha value is -1.74. The molecule has 214 valence electrons. The minimum Gasteiger partial charge on any atom is -0.394 e. The molecule has 10 heteroatoms. The van der Waals surface area contributed by atoms with Gasteiger partial charge in [-0.05, 0) is 67.1 Å². The third kappa shape index (κ3) is 5.85. The van der Waals surface area contributed by atoms with Crippen LogP contribution in [0.3, 0.4) is 0 Å². The topological polar surface area (TPSA) is 89.9 Å². The van der Waals surface area contributed by atoms with E-state index in [0.717, 1.165) is 0 Å². The number of likely N-dealkylation sites (tertiary alicyclic amines) is 1. The van der Waals surface area contributed by atoms with E-state index in [0.29, 0.717) is 34.7 Å². The van der Waals surface area contributed by atoms with Crippen molar-refractivity contribution in [1.82, 2.24) is 4.90 Å². The highest BCUT2D eigenvalue weighted by molar-refractivity contribution is 6.31. The Labute approximate surface area is 245 Å². The zero-order valence-corrected chi connectivity index (χ0v) is 24.8. The van der Waals surface area contributed by atoms with E-state index in [-0.39, 0.29) is 54.0 Å². The molecule has 1 saturated heterocycles. The molecule has 6 nitrogen and oxygen atoms in total. The number of ketones is 1. The molecule has 2 aliphatic heterocycles. The Balaban J connectivity index is 0.00000420. The van der Waals surface area contributed by atoms with Gasteiger partial charge in [0, 0.05) is 29.1 Å². The summed E-state index contributed by atoms with van der Waals surface area (Å²) in [6.07, 6.45) is 0.490. The van der Waals surface area contributed by atoms with Crippen LogP contribution >= 0.6 is 35.6 Å². The maximum atomic E-state index is 15.0. The number of aliphatic hydroxyl groups excluding tert-OH is 2. The van der Waals surface area contributed by atoms with Gasteiger partial charge in [-0.25, -0.2) is 4.39 Å². The number of benzene rings is 2. The number of halogens is 4. The van der Waals surface area contributed by atoms with Gasteiger partial charge in [-0.3, -0.25) is 14.5 Å². The lowest BCUT2D eigenvalue weighted by Gasteiger charge is -2.39. The summed E-state index contributed by atoms with van der Waals surface area (Å²) in [6, 6.07) is 8.78. The lowest BCUT2D eigenvalue weighted by molar-refractivity contribution is -0.124. The number of nitrogens with one attached hydrogen (secondary N) is 1. The van der Waals surface area contributed by atoms with Crippen molar-refractivity contribution in [3.63, 3.8) is 0 Å². The molecule has 1 spiro atoms. The number of rotatable bonds is 8. The fourth-order valence-corrected chi connectivity index (χ4v) is 6.74. The van der Waals surface area contributed by atoms with E-state index < -0.39 is 35.3 Å². The molecule has 0 saturated carbocycles. The van der Waals surface area contributed by atoms with E-state index in [4.69, 9.17) is 23.2 Å². The van der Waals surface area contributed by atoms with Gasteiger partial charge in [0.1, 0.15) is 11.2 Å². The molecule has 0 aliphatic carbocycles. The van der Waals surface area contributed by atoms with Gasteiger partial charge in [-0.15, -0.1) is 12.4 Å². The number of likely N-dealkylation sites (N-methyl/N-ethyl adjacent to an activating group) is 1. The monoisotopic (exact) mass is 600 g/mol. The average Bonchev–Trinajstić information content (AvgIpc) is 3.24. The number of fused-ring (bicyclic) bond motifs is 2. The molecule has 2 aromatic rings. The van der Waals surface area contributed by atoms with Gasteiger partial charge >= 0.3 is 0 Å². The Bertz CT molecular complexity index is 1240. The molecule has 0 aromatic heterocycles. The fraction of sp³-hybridized carbons (Fsp3) is 0.517. The van der Waals surface area contributed by atoms with Crippen LogP contribution in [0.4, 0.5) is 10.1 Å². The largest absolute Gasteiger partial charge is 0.394 e. The molecule has 3 N–H and O–H groups in total. The summed E-state index contributed by atoms with van der Waals surface area (Å²) in [5, 5.41) is 22.3. The second kappa shape index (κ2) is 12.0. The number of aliphatic hydroxyl groups is 2. The Morgan fingerprint density at radius 3 is 2.54 bits per heavy atom. The van der Waals surface area contributed by atoms with E-state index in [1.165, 1.54) is 12.1 Å². The molecule has 2 heterocycles. The van der Waals surface area contributed by atoms with Crippen LogP contribution in [-0.4, -0.2) is 58.6 Å². The van der Waals surface area contributed by atoms with E-state index >= 15 is 4.39 Å². The first-order chi connectivity index (χ1) is 17.8. The number of hydrogen-bond donors (Lipinski definition) is 3. The third-order valence-corrected chi connectivity index (χ3v) is 8.43. The van der Waals surface area contributed by atoms with Crippen molar-refractivity contribution in [2.75, 3.05) is 19.0 Å². The summed E-state index contributed by atoms with van der Waals surface area (Å²) in [6.45, 7) is 5.85. The second-order valence-corrected chi connectivity index (χ2v) is 12.6. The Morgan fingerprint density at radius 1 is 1.23 bits per heavy atom. The summed E-state index contributed by atoms with van der Waals surface area (Å²) < 4.78 is 15.0. The highest BCUT2D eigenvalue weighted by Crippen LogP contribution is 2.60. The quantitative estimate of drug-likeness (QED) is 0.359. The average molecular weight is 602 g/mol. The predicted molar refractivity (Wildman–Crippen MR) is 155 cm³/mol. The molecule has 0 unspecified atom stereocenters. The molecule has 0 radical (unpaired) electrons. The zero-order valence-electron chi connectivity index (χ0n) is 22.5. The highest BCUT2D eigenvalue weighted by Gasteiger charge is 2.67. The van der Waals surface area contributed by atoms with Crippen molar-refractivity contribution in [2.24, 2.45) is 5.41 Å². The normalized spacial score (nSPS) is 25.4. The van der Waals surface area contributed by atoms with Gasteiger partial charge in [0.05, 0.1) is 23.8 Å². The lowest BCUT2D eigenvalue weighted by Crippen LogP contribution is -2.50. The van der Waals surface area contributed by atoms with Crippen LogP contribution in [0.2, 0.25) is 10.0 Å². The summed E-state index contributed by atoms with van der Waals surface area (Å²) in [5.41, 5.74) is 0.148. The molecule has 0 bridgehead atoms. The maximum absolute atomic E-state index is 15.0. The fourth-order valence-electron chi connectivity index (χ4n) is 6.38. The van der Waals surface area contributed by atoms with Crippen molar-refractivity contribution in [3.8, 4) is 0 Å². The van der Waals surface area contributed by atoms with Crippen LogP contribution in [-0.2, 0) is 15.0 Å². The molecule has 5 atom stereocenters. The van der Waals surface area contributed by atoms with Crippen molar-refractivity contribution in [3.05, 3.63) is 63.4 Å². The standard InChI is InChI=1S/C29H35Cl2FN2O4.ClH/c1-28(2,3)14-24-29(19-12-21(32)20(31)13-22(19)33-27(29)38)25(16-7-5-8-17(30)11-16)26(34(24)4)23(37)10-6-9-18(36)15-35;/h5,7-8,11-13,18,24-26,35-36H,6,9-10,14-15H2,1-4H3,(H,33,38);1H/t18-,24+,25-,26-,29-;/m0./s1. The smallest absolute Gasteiger partial charge is 0.237 e. The first-order valence-corrected chi connectivity index (χ1v) is 13.7. The first-order valence-electron chi connectivity index (χ1n) is 12.9. The number of Topliss-reactive ketones (excluding diaryl/α,β-unsaturated/α-hetero) is 1. The summed E-state index contributed by atoms with van der Waals surface area (Å²) in [5.74, 6) is -1.67. The molecule has 4 rings (SSSR count). The first kappa shape index (κ1) is 31.8. The summed E-state index contributed by atoms with van der Waals surface area (Å²) >= 11 is 12.5. The minimum absolute atomic E-state index is 0. The molecule has 39 heavy (non-hydrogen) atoms. The van der Waals surface area contributed by atoms with Crippen molar-refractivity contribution in [2.45, 2.75) is 76.0 Å². The molecule has 2 aliphatic rings. The molecular formula is C29H36Cl3FN2O4. The van der Waals surface area contributed by atoms with E-state index in [2.05, 4.69) is 26.1 Å². The van der Waals surface area contributed by atoms with Gasteiger partial charge in [0.15, 0.2) is 5.78 Å². The van der Waals surface area contributed by atoms with Crippen molar-refractivity contribution in [1.29, 1.82) is 0 Å². The number of amides is 1. The SMILES string of the molecule is CN1[C@@H](C(=O)CCC[C@H](O)CO)[C@H](c2cccc(Cl)c2)[C@@]2(C(=O)Nc3cc(Cl)c(F)cc32)[C@H]1CC(C)(C)C.Cl. The van der Waals surface area contributed by atoms with E-state index in [1.807, 2.05) is 18.0 Å². The molecule has 1 fully saturated rings. The van der Waals surface area contributed by atoms with Crippen molar-refractivity contribution >= 4 is 53.0 Å². The third-order valence-electron chi connectivity index (χ3n) is 7.91. The summed E-state index contributed by atoms with van der Waals surface area (Å²) in [7, 11) is 1.85. The number of hydrogen-bond acceptors (Lipinski definition) is 5. The summed E-state index contributed by atoms with van der Waals surface area (Å²) in [4.78, 5) is 30.1. The number of anilines is 1. The van der Waals surface area contributed by atoms with Gasteiger partial charge in [-0.2, -0.15) is 0 Å². The predicted octanol–water partition coefficient (Wildman–Crippen LogP) is 5.74. The van der Waals surface area contributed by atoms with E-state index in [1.54, 1.807) is 18.2 Å². The number of nitrogens with zero attached hydrogens (tertiary/aromatic N) is 1. The lowest BCUT2D eigenvalue weighted by atomic mass is 9.62. The Morgan fingerprint density at radius 2 is 1.92 bits per heavy atom. The van der Waals surface area contributed by atoms with Gasteiger partial charge in [-0.1, -0.05) is 56.1 Å². The van der Waals surface area contributed by atoms with Gasteiger partial charge in [0.25, 0.3) is 0 Å². The van der Waals surface area contributed by atoms with Crippen LogP contribution in [0.25, 0.3) is 0 Å². The van der Waals surface area contributed by atoms with Crippen LogP contribution in [0.15, 0.2) is 36.4 Å². The number of carbonyl (C=O) groups excluding carboxylic acids is 2. The second-order valence-electron chi connectivity index (χ2n) is 11.8. The molecule has 2 aromatic carbocycles. The van der Waals surface area contributed by atoms with Gasteiger partial charge in [0.2, 0.25) is 5.91 Å². The zero-order chi connectivity index (χ0) is 28.0. The van der Waals surface area contributed by atoms with Gasteiger partial charge < -0.3 is 15.5 Å². The van der Waals surface area contributed by atoms with Crippen molar-refractivity contribution < 1.29 is 24.2 Å². The number of carbonyl (C=O) groups is 2. The van der Waals surface area contributed by atoms with Crippen LogP contribution in [0.1, 0.15) is 63.5 Å². The Kier molecular flexibility index (Phi) is 9.79. The molecule has 1 amide bonds. The minimum atomic E-state index is -1.28. The highest BCUT2D eigenvalue weighted by atomic mass is 35.5. The van der Waals surface area contributed by atoms with Crippen LogP contribution in [0.5, 0.6) is 0 Å². The van der Waals surface area contributed by atoms with Crippen LogP contribution < -0.4 is 5.32 Å². The maximum Gasteiger partial charge on any atom is 0.237 e. The molecular weight excluding hydrogens is 566 g/mol.